The zero-order valence-electron chi connectivity index (χ0n) is 16.2. The number of hydrogen-bond donors (Lipinski definition) is 1. The quantitative estimate of drug-likeness (QED) is 0.587. The van der Waals surface area contributed by atoms with E-state index >= 15 is 0 Å². The first-order chi connectivity index (χ1) is 15.0. The standard InChI is InChI=1S/C19H19N5O6S/c25-19-5-4-18(23-7-1-6-20-23)21-24(19)15-12-28-11-14(15)22-31(26,27)13-2-3-16-17(10-13)30-9-8-29-16/h1-7,10,14-15,22H,8-9,11-12H2. The van der Waals surface area contributed by atoms with E-state index in [0.717, 1.165) is 0 Å². The predicted octanol–water partition coefficient (Wildman–Crippen LogP) is 0.119. The largest absolute Gasteiger partial charge is 0.486 e. The van der Waals surface area contributed by atoms with Gasteiger partial charge in [0.15, 0.2) is 17.3 Å². The Labute approximate surface area is 177 Å². The highest BCUT2D eigenvalue weighted by Crippen LogP contribution is 2.32. The number of nitrogens with one attached hydrogen (secondary N) is 1. The number of sulfonamides is 1. The lowest BCUT2D eigenvalue weighted by atomic mass is 10.2. The van der Waals surface area contributed by atoms with E-state index < -0.39 is 22.1 Å². The van der Waals surface area contributed by atoms with E-state index in [1.807, 2.05) is 0 Å². The fourth-order valence-corrected chi connectivity index (χ4v) is 4.80. The van der Waals surface area contributed by atoms with Crippen LogP contribution in [0.1, 0.15) is 6.04 Å². The number of ether oxygens (including phenoxy) is 3. The number of hydrogen-bond acceptors (Lipinski definition) is 8. The van der Waals surface area contributed by atoms with Gasteiger partial charge in [0.05, 0.1) is 30.2 Å². The summed E-state index contributed by atoms with van der Waals surface area (Å²) >= 11 is 0. The molecule has 11 nitrogen and oxygen atoms in total. The predicted molar refractivity (Wildman–Crippen MR) is 107 cm³/mol. The molecule has 0 spiro atoms. The van der Waals surface area contributed by atoms with Crippen molar-refractivity contribution in [2.24, 2.45) is 0 Å². The van der Waals surface area contributed by atoms with Gasteiger partial charge >= 0.3 is 0 Å². The van der Waals surface area contributed by atoms with Crippen LogP contribution in [0, 0.1) is 0 Å². The van der Waals surface area contributed by atoms with Crippen molar-refractivity contribution in [2.75, 3.05) is 26.4 Å². The zero-order chi connectivity index (χ0) is 21.4. The summed E-state index contributed by atoms with van der Waals surface area (Å²) in [5, 5.41) is 8.47. The Hall–Kier alpha value is -3.22. The highest BCUT2D eigenvalue weighted by Gasteiger charge is 2.35. The second-order valence-electron chi connectivity index (χ2n) is 7.06. The van der Waals surface area contributed by atoms with Crippen molar-refractivity contribution >= 4 is 10.0 Å². The van der Waals surface area contributed by atoms with Gasteiger partial charge in [-0.25, -0.2) is 22.5 Å². The molecule has 12 heteroatoms. The first-order valence-corrected chi connectivity index (χ1v) is 11.1. The summed E-state index contributed by atoms with van der Waals surface area (Å²) in [4.78, 5) is 12.5. The number of fused-ring (bicyclic) bond motifs is 1. The van der Waals surface area contributed by atoms with Crippen molar-refractivity contribution in [3.05, 3.63) is 59.1 Å². The lowest BCUT2D eigenvalue weighted by molar-refractivity contribution is 0.171. The van der Waals surface area contributed by atoms with Gasteiger partial charge in [-0.1, -0.05) is 0 Å². The van der Waals surface area contributed by atoms with Gasteiger partial charge in [0.25, 0.3) is 5.56 Å². The maximum Gasteiger partial charge on any atom is 0.267 e. The van der Waals surface area contributed by atoms with Gasteiger partial charge in [-0.2, -0.15) is 5.10 Å². The zero-order valence-corrected chi connectivity index (χ0v) is 17.1. The van der Waals surface area contributed by atoms with E-state index in [0.29, 0.717) is 30.5 Å². The van der Waals surface area contributed by atoms with E-state index in [4.69, 9.17) is 14.2 Å². The van der Waals surface area contributed by atoms with Crippen LogP contribution in [-0.4, -0.2) is 60.4 Å². The average Bonchev–Trinajstić information content (AvgIpc) is 3.46. The molecule has 4 heterocycles. The van der Waals surface area contributed by atoms with Gasteiger partial charge in [-0.15, -0.1) is 5.10 Å². The molecule has 0 radical (unpaired) electrons. The van der Waals surface area contributed by atoms with E-state index in [-0.39, 0.29) is 23.7 Å². The minimum absolute atomic E-state index is 0.0352. The maximum atomic E-state index is 13.0. The monoisotopic (exact) mass is 445 g/mol. The molecule has 2 unspecified atom stereocenters. The van der Waals surface area contributed by atoms with Crippen LogP contribution in [0.5, 0.6) is 11.5 Å². The van der Waals surface area contributed by atoms with E-state index in [9.17, 15) is 13.2 Å². The lowest BCUT2D eigenvalue weighted by Crippen LogP contribution is -2.44. The molecule has 1 N–H and O–H groups in total. The Kier molecular flexibility index (Phi) is 4.96. The third-order valence-electron chi connectivity index (χ3n) is 5.05. The van der Waals surface area contributed by atoms with E-state index in [2.05, 4.69) is 14.9 Å². The molecule has 1 fully saturated rings. The van der Waals surface area contributed by atoms with E-state index in [1.165, 1.54) is 27.6 Å². The summed E-state index contributed by atoms with van der Waals surface area (Å²) in [5.74, 6) is 1.31. The molecule has 1 saturated heterocycles. The van der Waals surface area contributed by atoms with Gasteiger partial charge in [-0.3, -0.25) is 4.79 Å². The molecule has 3 aromatic rings. The van der Waals surface area contributed by atoms with E-state index in [1.54, 1.807) is 30.6 Å². The third-order valence-corrected chi connectivity index (χ3v) is 6.53. The van der Waals surface area contributed by atoms with Gasteiger partial charge < -0.3 is 14.2 Å². The molecule has 2 aliphatic heterocycles. The lowest BCUT2D eigenvalue weighted by Gasteiger charge is -2.22. The fraction of sp³-hybridized carbons (Fsp3) is 0.316. The number of nitrogens with zero attached hydrogens (tertiary/aromatic N) is 4. The molecule has 2 aliphatic rings. The summed E-state index contributed by atoms with van der Waals surface area (Å²) in [7, 11) is -3.91. The average molecular weight is 445 g/mol. The second kappa shape index (κ2) is 7.80. The smallest absolute Gasteiger partial charge is 0.267 e. The Morgan fingerprint density at radius 2 is 1.90 bits per heavy atom. The van der Waals surface area contributed by atoms with Crippen LogP contribution >= 0.6 is 0 Å². The number of benzene rings is 1. The van der Waals surface area contributed by atoms with Gasteiger partial charge in [-0.05, 0) is 24.3 Å². The van der Waals surface area contributed by atoms with Crippen molar-refractivity contribution in [1.29, 1.82) is 0 Å². The van der Waals surface area contributed by atoms with Crippen molar-refractivity contribution in [2.45, 2.75) is 17.0 Å². The highest BCUT2D eigenvalue weighted by atomic mass is 32.2. The molecular weight excluding hydrogens is 426 g/mol. The van der Waals surface area contributed by atoms with Crippen LogP contribution < -0.4 is 19.8 Å². The van der Waals surface area contributed by atoms with Crippen LogP contribution in [0.15, 0.2) is 58.5 Å². The summed E-state index contributed by atoms with van der Waals surface area (Å²) in [6, 6.07) is 7.79. The molecular formula is C19H19N5O6S. The van der Waals surface area contributed by atoms with Crippen LogP contribution in [-0.2, 0) is 14.8 Å². The molecule has 0 amide bonds. The third kappa shape index (κ3) is 3.80. The molecule has 1 aromatic carbocycles. The molecule has 2 aromatic heterocycles. The fourth-order valence-electron chi connectivity index (χ4n) is 3.53. The number of aromatic nitrogens is 4. The van der Waals surface area contributed by atoms with Gasteiger partial charge in [0, 0.05) is 24.5 Å². The normalized spacial score (nSPS) is 20.6. The molecule has 0 saturated carbocycles. The number of rotatable bonds is 5. The Balaban J connectivity index is 1.42. The Bertz CT molecular complexity index is 1260. The minimum atomic E-state index is -3.91. The summed E-state index contributed by atoms with van der Waals surface area (Å²) in [5.41, 5.74) is -0.366. The first-order valence-electron chi connectivity index (χ1n) is 9.61. The summed E-state index contributed by atoms with van der Waals surface area (Å²) in [6.07, 6.45) is 3.30. The van der Waals surface area contributed by atoms with Crippen molar-refractivity contribution < 1.29 is 22.6 Å². The second-order valence-corrected chi connectivity index (χ2v) is 8.78. The molecule has 0 aliphatic carbocycles. The minimum Gasteiger partial charge on any atom is -0.486 e. The van der Waals surface area contributed by atoms with Gasteiger partial charge in [0.1, 0.15) is 13.2 Å². The molecule has 0 bridgehead atoms. The Morgan fingerprint density at radius 1 is 1.06 bits per heavy atom. The topological polar surface area (TPSA) is 127 Å². The van der Waals surface area contributed by atoms with Gasteiger partial charge in [0.2, 0.25) is 10.0 Å². The Morgan fingerprint density at radius 3 is 2.71 bits per heavy atom. The van der Waals surface area contributed by atoms with Crippen LogP contribution in [0.3, 0.4) is 0 Å². The van der Waals surface area contributed by atoms with Crippen LogP contribution in [0.2, 0.25) is 0 Å². The summed E-state index contributed by atoms with van der Waals surface area (Å²) in [6.45, 7) is 1.01. The van der Waals surface area contributed by atoms with Crippen LogP contribution in [0.4, 0.5) is 0 Å². The first kappa shape index (κ1) is 19.7. The molecule has 2 atom stereocenters. The van der Waals surface area contributed by atoms with Crippen molar-refractivity contribution in [3.63, 3.8) is 0 Å². The molecule has 162 valence electrons. The van der Waals surface area contributed by atoms with Crippen molar-refractivity contribution in [1.82, 2.24) is 24.3 Å². The molecule has 5 rings (SSSR count). The summed E-state index contributed by atoms with van der Waals surface area (Å²) < 4.78 is 47.8. The van der Waals surface area contributed by atoms with Crippen LogP contribution in [0.25, 0.3) is 5.82 Å². The highest BCUT2D eigenvalue weighted by molar-refractivity contribution is 7.89. The van der Waals surface area contributed by atoms with Crippen molar-refractivity contribution in [3.8, 4) is 17.3 Å². The molecule has 31 heavy (non-hydrogen) atoms. The SMILES string of the molecule is O=c1ccc(-n2cccn2)nn1C1COCC1NS(=O)(=O)c1ccc2c(c1)OCCO2. The maximum absolute atomic E-state index is 13.0.